The van der Waals surface area contributed by atoms with Gasteiger partial charge in [-0.15, -0.1) is 23.7 Å². The third-order valence-electron chi connectivity index (χ3n) is 2.82. The van der Waals surface area contributed by atoms with Crippen LogP contribution in [0.4, 0.5) is 4.39 Å². The Balaban J connectivity index is 0.00000242. The molecule has 0 unspecified atom stereocenters. The normalized spacial score (nSPS) is 10.1. The molecule has 0 aliphatic carbocycles. The molecule has 0 aliphatic heterocycles. The van der Waals surface area contributed by atoms with E-state index in [9.17, 15) is 9.18 Å². The summed E-state index contributed by atoms with van der Waals surface area (Å²) >= 11 is 1.35. The average molecular weight is 346 g/mol. The second kappa shape index (κ2) is 8.79. The first-order valence-corrected chi connectivity index (χ1v) is 7.21. The summed E-state index contributed by atoms with van der Waals surface area (Å²) in [6, 6.07) is 4.66. The van der Waals surface area contributed by atoms with E-state index in [1.54, 1.807) is 17.5 Å². The first kappa shape index (κ1) is 18.5. The summed E-state index contributed by atoms with van der Waals surface area (Å²) in [7, 11) is 1.51. The number of carbonyl (C=O) groups is 1. The third kappa shape index (κ3) is 4.74. The molecule has 5 nitrogen and oxygen atoms in total. The molecule has 1 aromatic carbocycles. The second-order valence-corrected chi connectivity index (χ2v) is 5.31. The molecule has 1 heterocycles. The molecule has 0 saturated carbocycles. The van der Waals surface area contributed by atoms with Gasteiger partial charge in [0.25, 0.3) is 5.91 Å². The highest BCUT2D eigenvalue weighted by atomic mass is 35.5. The number of hydrogen-bond acceptors (Lipinski definition) is 5. The van der Waals surface area contributed by atoms with E-state index in [-0.39, 0.29) is 30.7 Å². The Morgan fingerprint density at radius 3 is 2.91 bits per heavy atom. The molecular formula is C14H17ClFN3O2S. The number of carbonyl (C=O) groups excluding carboxylic acids is 1. The summed E-state index contributed by atoms with van der Waals surface area (Å²) in [6.45, 7) is 0.807. The lowest BCUT2D eigenvalue weighted by Gasteiger charge is -2.07. The molecule has 120 valence electrons. The molecule has 2 rings (SSSR count). The van der Waals surface area contributed by atoms with Crippen LogP contribution in [0.15, 0.2) is 23.6 Å². The van der Waals surface area contributed by atoms with Crippen molar-refractivity contribution in [3.8, 4) is 0 Å². The quantitative estimate of drug-likeness (QED) is 0.841. The number of nitrogens with two attached hydrogens (primary N) is 1. The van der Waals surface area contributed by atoms with Crippen LogP contribution >= 0.6 is 23.7 Å². The molecule has 0 bridgehead atoms. The Labute approximate surface area is 138 Å². The van der Waals surface area contributed by atoms with Gasteiger partial charge >= 0.3 is 0 Å². The maximum Gasteiger partial charge on any atom is 0.271 e. The van der Waals surface area contributed by atoms with Crippen LogP contribution in [-0.2, 0) is 24.4 Å². The van der Waals surface area contributed by atoms with Crippen LogP contribution in [0.3, 0.4) is 0 Å². The number of nitrogens with one attached hydrogen (secondary N) is 1. The average Bonchev–Trinajstić information content (AvgIpc) is 2.97. The van der Waals surface area contributed by atoms with Gasteiger partial charge in [0.1, 0.15) is 16.5 Å². The van der Waals surface area contributed by atoms with E-state index in [1.165, 1.54) is 24.5 Å². The molecule has 22 heavy (non-hydrogen) atoms. The SMILES string of the molecule is COCc1cc(CNC(=O)c2csc(CN)n2)ccc1F.Cl. The standard InChI is InChI=1S/C14H16FN3O2S.ClH/c1-20-7-10-4-9(2-3-11(10)15)6-17-14(19)12-8-21-13(5-16)18-12;/h2-4,8H,5-7,16H2,1H3,(H,17,19);1H. The number of methoxy groups -OCH3 is 1. The predicted molar refractivity (Wildman–Crippen MR) is 85.5 cm³/mol. The van der Waals surface area contributed by atoms with Crippen molar-refractivity contribution < 1.29 is 13.9 Å². The minimum absolute atomic E-state index is 0. The van der Waals surface area contributed by atoms with Crippen molar-refractivity contribution in [1.29, 1.82) is 0 Å². The predicted octanol–water partition coefficient (Wildman–Crippen LogP) is 2.24. The summed E-state index contributed by atoms with van der Waals surface area (Å²) in [4.78, 5) is 16.0. The summed E-state index contributed by atoms with van der Waals surface area (Å²) < 4.78 is 18.4. The molecular weight excluding hydrogens is 329 g/mol. The molecule has 1 amide bonds. The van der Waals surface area contributed by atoms with Crippen molar-refractivity contribution >= 4 is 29.7 Å². The minimum atomic E-state index is -0.320. The fourth-order valence-electron chi connectivity index (χ4n) is 1.79. The Bertz CT molecular complexity index is 636. The van der Waals surface area contributed by atoms with Gasteiger partial charge in [-0.1, -0.05) is 6.07 Å². The van der Waals surface area contributed by atoms with Gasteiger partial charge in [0.05, 0.1) is 6.61 Å². The maximum atomic E-state index is 13.5. The molecule has 2 aromatic rings. The smallest absolute Gasteiger partial charge is 0.271 e. The molecule has 8 heteroatoms. The number of thiazole rings is 1. The molecule has 0 radical (unpaired) electrons. The highest BCUT2D eigenvalue weighted by Gasteiger charge is 2.10. The number of rotatable bonds is 6. The lowest BCUT2D eigenvalue weighted by molar-refractivity contribution is 0.0946. The second-order valence-electron chi connectivity index (χ2n) is 4.37. The monoisotopic (exact) mass is 345 g/mol. The largest absolute Gasteiger partial charge is 0.380 e. The van der Waals surface area contributed by atoms with E-state index in [0.29, 0.717) is 29.4 Å². The van der Waals surface area contributed by atoms with Crippen molar-refractivity contribution in [3.05, 3.63) is 51.2 Å². The summed E-state index contributed by atoms with van der Waals surface area (Å²) in [5.41, 5.74) is 7.06. The van der Waals surface area contributed by atoms with Crippen molar-refractivity contribution in [3.63, 3.8) is 0 Å². The Morgan fingerprint density at radius 1 is 1.50 bits per heavy atom. The van der Waals surface area contributed by atoms with Crippen molar-refractivity contribution in [2.75, 3.05) is 7.11 Å². The Morgan fingerprint density at radius 2 is 2.27 bits per heavy atom. The van der Waals surface area contributed by atoms with Crippen LogP contribution in [-0.4, -0.2) is 18.0 Å². The summed E-state index contributed by atoms with van der Waals surface area (Å²) in [5, 5.41) is 5.12. The topological polar surface area (TPSA) is 77.2 Å². The number of ether oxygens (including phenoxy) is 1. The van der Waals surface area contributed by atoms with Crippen LogP contribution in [0.2, 0.25) is 0 Å². The van der Waals surface area contributed by atoms with Gasteiger partial charge in [-0.3, -0.25) is 4.79 Å². The van der Waals surface area contributed by atoms with Gasteiger partial charge in [-0.25, -0.2) is 9.37 Å². The van der Waals surface area contributed by atoms with E-state index in [1.807, 2.05) is 0 Å². The van der Waals surface area contributed by atoms with Crippen molar-refractivity contribution in [2.24, 2.45) is 5.73 Å². The van der Waals surface area contributed by atoms with Crippen molar-refractivity contribution in [2.45, 2.75) is 19.7 Å². The van der Waals surface area contributed by atoms with Crippen LogP contribution in [0.25, 0.3) is 0 Å². The highest BCUT2D eigenvalue weighted by Crippen LogP contribution is 2.12. The molecule has 0 aliphatic rings. The number of amides is 1. The van der Waals surface area contributed by atoms with Crippen LogP contribution < -0.4 is 11.1 Å². The highest BCUT2D eigenvalue weighted by molar-refractivity contribution is 7.09. The first-order chi connectivity index (χ1) is 10.1. The third-order valence-corrected chi connectivity index (χ3v) is 3.69. The number of hydrogen-bond donors (Lipinski definition) is 2. The molecule has 0 saturated heterocycles. The number of nitrogens with zero attached hydrogens (tertiary/aromatic N) is 1. The van der Waals surface area contributed by atoms with E-state index < -0.39 is 0 Å². The number of benzene rings is 1. The number of aromatic nitrogens is 1. The first-order valence-electron chi connectivity index (χ1n) is 6.33. The lowest BCUT2D eigenvalue weighted by atomic mass is 10.1. The Kier molecular flexibility index (Phi) is 7.40. The van der Waals surface area contributed by atoms with E-state index in [0.717, 1.165) is 5.56 Å². The van der Waals surface area contributed by atoms with E-state index >= 15 is 0 Å². The zero-order chi connectivity index (χ0) is 15.2. The molecule has 0 atom stereocenters. The van der Waals surface area contributed by atoms with Crippen LogP contribution in [0, 0.1) is 5.82 Å². The molecule has 1 aromatic heterocycles. The molecule has 3 N–H and O–H groups in total. The summed E-state index contributed by atoms with van der Waals surface area (Å²) in [6.07, 6.45) is 0. The minimum Gasteiger partial charge on any atom is -0.380 e. The van der Waals surface area contributed by atoms with Crippen LogP contribution in [0.5, 0.6) is 0 Å². The van der Waals surface area contributed by atoms with E-state index in [4.69, 9.17) is 10.5 Å². The van der Waals surface area contributed by atoms with Gasteiger partial charge < -0.3 is 15.8 Å². The molecule has 0 spiro atoms. The van der Waals surface area contributed by atoms with Gasteiger partial charge in [0.15, 0.2) is 0 Å². The fourth-order valence-corrected chi connectivity index (χ4v) is 2.44. The van der Waals surface area contributed by atoms with E-state index in [2.05, 4.69) is 10.3 Å². The molecule has 0 fully saturated rings. The van der Waals surface area contributed by atoms with Gasteiger partial charge in [0.2, 0.25) is 0 Å². The van der Waals surface area contributed by atoms with Gasteiger partial charge in [-0.05, 0) is 17.7 Å². The lowest BCUT2D eigenvalue weighted by Crippen LogP contribution is -2.23. The Hall–Kier alpha value is -1.54. The van der Waals surface area contributed by atoms with Gasteiger partial charge in [0, 0.05) is 31.1 Å². The fraction of sp³-hybridized carbons (Fsp3) is 0.286. The maximum absolute atomic E-state index is 13.5. The van der Waals surface area contributed by atoms with Gasteiger partial charge in [-0.2, -0.15) is 0 Å². The summed E-state index contributed by atoms with van der Waals surface area (Å²) in [5.74, 6) is -0.595. The zero-order valence-electron chi connectivity index (χ0n) is 12.0. The number of halogens is 2. The van der Waals surface area contributed by atoms with Crippen molar-refractivity contribution in [1.82, 2.24) is 10.3 Å². The van der Waals surface area contributed by atoms with Crippen LogP contribution in [0.1, 0.15) is 26.6 Å². The zero-order valence-corrected chi connectivity index (χ0v) is 13.6.